The minimum absolute atomic E-state index is 0.0865. The molecule has 0 bridgehead atoms. The SMILES string of the molecule is COc1cc(OC)c(I(OS(=O)(=O)c2ccc(C)cc2)c2ccc(F)c(C(F)(F)F)c2)c(OC)c1. The van der Waals surface area contributed by atoms with Crippen LogP contribution in [0.25, 0.3) is 0 Å². The molecule has 3 aromatic carbocycles. The van der Waals surface area contributed by atoms with Gasteiger partial charge in [0.25, 0.3) is 0 Å². The number of rotatable bonds is 8. The molecule has 3 aromatic rings. The molecule has 0 spiro atoms. The van der Waals surface area contributed by atoms with Crippen LogP contribution in [0.4, 0.5) is 17.6 Å². The molecule has 190 valence electrons. The summed E-state index contributed by atoms with van der Waals surface area (Å²) in [7, 11) is -0.461. The van der Waals surface area contributed by atoms with E-state index >= 15 is 0 Å². The maximum absolute atomic E-state index is 14.0. The number of ether oxygens (including phenoxy) is 3. The number of benzene rings is 3. The van der Waals surface area contributed by atoms with Gasteiger partial charge in [-0.2, -0.15) is 0 Å². The van der Waals surface area contributed by atoms with Crippen LogP contribution in [0.3, 0.4) is 0 Å². The first kappa shape index (κ1) is 27.0. The average molecular weight is 628 g/mol. The van der Waals surface area contributed by atoms with Gasteiger partial charge in [-0.3, -0.25) is 0 Å². The number of methoxy groups -OCH3 is 3. The van der Waals surface area contributed by atoms with Crippen molar-refractivity contribution in [3.05, 3.63) is 78.7 Å². The van der Waals surface area contributed by atoms with Gasteiger partial charge in [0.1, 0.15) is 0 Å². The molecule has 3 rings (SSSR count). The summed E-state index contributed by atoms with van der Waals surface area (Å²) in [6, 6.07) is 10.9. The summed E-state index contributed by atoms with van der Waals surface area (Å²) in [4.78, 5) is -0.185. The summed E-state index contributed by atoms with van der Waals surface area (Å²) in [6.07, 6.45) is -5.01. The maximum atomic E-state index is 14.0. The molecule has 0 saturated heterocycles. The van der Waals surface area contributed by atoms with Gasteiger partial charge in [0, 0.05) is 0 Å². The van der Waals surface area contributed by atoms with Crippen LogP contribution in [-0.4, -0.2) is 29.7 Å². The Balaban J connectivity index is 2.28. The van der Waals surface area contributed by atoms with E-state index < -0.39 is 47.9 Å². The van der Waals surface area contributed by atoms with Crippen LogP contribution in [0.2, 0.25) is 0 Å². The second-order valence-electron chi connectivity index (χ2n) is 7.05. The molecule has 12 heteroatoms. The Labute approximate surface area is 207 Å². The van der Waals surface area contributed by atoms with Gasteiger partial charge >= 0.3 is 208 Å². The predicted octanol–water partition coefficient (Wildman–Crippen LogP) is 6.05. The fourth-order valence-electron chi connectivity index (χ4n) is 2.96. The number of hydrogen-bond acceptors (Lipinski definition) is 6. The summed E-state index contributed by atoms with van der Waals surface area (Å²) >= 11 is -3.83. The Bertz CT molecular complexity index is 1290. The molecule has 0 aliphatic heterocycles. The van der Waals surface area contributed by atoms with Crippen LogP contribution < -0.4 is 14.2 Å². The first-order valence-corrected chi connectivity index (χ1v) is 14.2. The summed E-state index contributed by atoms with van der Waals surface area (Å²) < 4.78 is 102. The number of aryl methyl sites for hydroxylation is 1. The van der Waals surface area contributed by atoms with E-state index in [1.165, 1.54) is 45.6 Å². The fourth-order valence-corrected chi connectivity index (χ4v) is 10.4. The van der Waals surface area contributed by atoms with Crippen LogP contribution in [0.15, 0.2) is 59.5 Å². The van der Waals surface area contributed by atoms with Gasteiger partial charge < -0.3 is 0 Å². The second-order valence-corrected chi connectivity index (χ2v) is 13.4. The Morgan fingerprint density at radius 2 is 1.40 bits per heavy atom. The first-order chi connectivity index (χ1) is 16.4. The summed E-state index contributed by atoms with van der Waals surface area (Å²) in [5.41, 5.74) is -0.744. The van der Waals surface area contributed by atoms with Gasteiger partial charge in [-0.25, -0.2) is 0 Å². The van der Waals surface area contributed by atoms with Crippen molar-refractivity contribution in [3.8, 4) is 17.2 Å². The average Bonchev–Trinajstić information content (AvgIpc) is 2.81. The van der Waals surface area contributed by atoms with Gasteiger partial charge in [0.05, 0.1) is 0 Å². The zero-order valence-electron chi connectivity index (χ0n) is 18.9. The number of alkyl halides is 3. The molecule has 0 unspecified atom stereocenters. The van der Waals surface area contributed by atoms with Crippen LogP contribution in [-0.2, 0) is 18.8 Å². The molecule has 0 amide bonds. The van der Waals surface area contributed by atoms with Crippen molar-refractivity contribution in [2.75, 3.05) is 21.3 Å². The Kier molecular flexibility index (Phi) is 8.17. The Hall–Kier alpha value is -2.58. The van der Waals surface area contributed by atoms with E-state index in [4.69, 9.17) is 16.7 Å². The van der Waals surface area contributed by atoms with Crippen LogP contribution >= 0.6 is 20.2 Å². The molecule has 0 aliphatic carbocycles. The summed E-state index contributed by atoms with van der Waals surface area (Å²) in [6.45, 7) is 1.76. The molecule has 0 aromatic heterocycles. The molecule has 0 radical (unpaired) electrons. The Morgan fingerprint density at radius 1 is 0.829 bits per heavy atom. The molecular weight excluding hydrogens is 607 g/mol. The molecule has 0 N–H and O–H groups in total. The van der Waals surface area contributed by atoms with Crippen molar-refractivity contribution in [2.45, 2.75) is 18.0 Å². The van der Waals surface area contributed by atoms with Gasteiger partial charge in [-0.15, -0.1) is 0 Å². The van der Waals surface area contributed by atoms with E-state index in [1.807, 2.05) is 0 Å². The van der Waals surface area contributed by atoms with Crippen molar-refractivity contribution in [1.29, 1.82) is 0 Å². The van der Waals surface area contributed by atoms with Gasteiger partial charge in [0.2, 0.25) is 0 Å². The molecular formula is C23H21F4IO6S. The molecule has 0 aliphatic rings. The number of halogens is 5. The summed E-state index contributed by atoms with van der Waals surface area (Å²) in [5.74, 6) is -1.02. The minimum atomic E-state index is -5.01. The zero-order valence-corrected chi connectivity index (χ0v) is 21.9. The van der Waals surface area contributed by atoms with Crippen LogP contribution in [0.5, 0.6) is 17.2 Å². The van der Waals surface area contributed by atoms with E-state index in [0.29, 0.717) is 17.9 Å². The van der Waals surface area contributed by atoms with Crippen molar-refractivity contribution in [3.63, 3.8) is 0 Å². The van der Waals surface area contributed by atoms with Crippen molar-refractivity contribution >= 4 is 30.4 Å². The second kappa shape index (κ2) is 10.6. The molecule has 0 heterocycles. The first-order valence-electron chi connectivity index (χ1n) is 9.79. The third kappa shape index (κ3) is 5.98. The van der Waals surface area contributed by atoms with Crippen LogP contribution in [0.1, 0.15) is 11.1 Å². The number of hydrogen-bond donors (Lipinski definition) is 0. The normalized spacial score (nSPS) is 12.3. The standard InChI is InChI=1S/C23H21F4IO6S/c1-14-5-8-17(9-6-14)35(29,30)34-28(15-7-10-19(24)18(11-15)23(25,26)27)22-20(32-3)12-16(31-2)13-21(22)33-4/h5-13H,1-4H3. The predicted molar refractivity (Wildman–Crippen MR) is 128 cm³/mol. The Morgan fingerprint density at radius 3 is 1.89 bits per heavy atom. The van der Waals surface area contributed by atoms with Gasteiger partial charge in [-0.1, -0.05) is 0 Å². The van der Waals surface area contributed by atoms with Crippen LogP contribution in [0, 0.1) is 19.9 Å². The quantitative estimate of drug-likeness (QED) is 0.224. The monoisotopic (exact) mass is 628 g/mol. The van der Waals surface area contributed by atoms with E-state index in [1.54, 1.807) is 19.1 Å². The zero-order chi connectivity index (χ0) is 26.0. The fraction of sp³-hybridized carbons (Fsp3) is 0.217. The summed E-state index contributed by atoms with van der Waals surface area (Å²) in [5, 5.41) is 0. The van der Waals surface area contributed by atoms with E-state index in [0.717, 1.165) is 11.6 Å². The van der Waals surface area contributed by atoms with Crippen molar-refractivity contribution in [2.24, 2.45) is 0 Å². The topological polar surface area (TPSA) is 71.1 Å². The van der Waals surface area contributed by atoms with Crippen molar-refractivity contribution in [1.82, 2.24) is 0 Å². The van der Waals surface area contributed by atoms with Gasteiger partial charge in [0.15, 0.2) is 0 Å². The third-order valence-corrected chi connectivity index (χ3v) is 12.2. The van der Waals surface area contributed by atoms with E-state index in [9.17, 15) is 26.0 Å². The molecule has 6 nitrogen and oxygen atoms in total. The molecule has 0 fully saturated rings. The third-order valence-electron chi connectivity index (χ3n) is 4.71. The van der Waals surface area contributed by atoms with E-state index in [2.05, 4.69) is 0 Å². The van der Waals surface area contributed by atoms with Crippen molar-refractivity contribution < 1.29 is 42.7 Å². The molecule has 0 saturated carbocycles. The molecule has 0 atom stereocenters. The molecule has 35 heavy (non-hydrogen) atoms. The van der Waals surface area contributed by atoms with Gasteiger partial charge in [-0.05, 0) is 0 Å². The van der Waals surface area contributed by atoms with E-state index in [-0.39, 0.29) is 23.5 Å².